The summed E-state index contributed by atoms with van der Waals surface area (Å²) in [7, 11) is 0. The fraction of sp³-hybridized carbons (Fsp3) is 0.600. The summed E-state index contributed by atoms with van der Waals surface area (Å²) in [5.41, 5.74) is 3.59. The maximum absolute atomic E-state index is 2.48. The molecule has 3 aliphatic rings. The highest BCUT2D eigenvalue weighted by Crippen LogP contribution is 2.57. The zero-order chi connectivity index (χ0) is 14.0. The summed E-state index contributed by atoms with van der Waals surface area (Å²) < 4.78 is 0. The van der Waals surface area contributed by atoms with Crippen molar-refractivity contribution >= 4 is 0 Å². The van der Waals surface area contributed by atoms with Gasteiger partial charge in [-0.2, -0.15) is 0 Å². The Kier molecular flexibility index (Phi) is 4.01. The van der Waals surface area contributed by atoms with E-state index in [2.05, 4.69) is 50.3 Å². The average molecular weight is 268 g/mol. The van der Waals surface area contributed by atoms with E-state index in [1.54, 1.807) is 11.1 Å². The van der Waals surface area contributed by atoms with Crippen LogP contribution in [-0.2, 0) is 0 Å². The first-order valence-electron chi connectivity index (χ1n) is 8.47. The Labute approximate surface area is 124 Å². The molecule has 2 unspecified atom stereocenters. The standard InChI is InChI=1S/C20H28/c1-20(2)18-14-10-5-3-4-8-12-16(18)17-13-9-6-7-11-15-19(17)20/h6-7,9,11,13,15-16,18H,3-5,8,10,12,14H2,1-2H3. The van der Waals surface area contributed by atoms with E-state index < -0.39 is 0 Å². The molecule has 0 saturated heterocycles. The van der Waals surface area contributed by atoms with Crippen molar-refractivity contribution in [3.8, 4) is 0 Å². The summed E-state index contributed by atoms with van der Waals surface area (Å²) in [6, 6.07) is 0. The molecule has 2 saturated carbocycles. The Morgan fingerprint density at radius 1 is 0.800 bits per heavy atom. The van der Waals surface area contributed by atoms with Gasteiger partial charge in [-0.15, -0.1) is 0 Å². The van der Waals surface area contributed by atoms with E-state index in [4.69, 9.17) is 0 Å². The molecule has 0 amide bonds. The fourth-order valence-electron chi connectivity index (χ4n) is 4.63. The maximum atomic E-state index is 2.48. The van der Waals surface area contributed by atoms with Gasteiger partial charge in [0.15, 0.2) is 0 Å². The van der Waals surface area contributed by atoms with Gasteiger partial charge in [0.05, 0.1) is 0 Å². The molecule has 0 aromatic carbocycles. The molecule has 2 fully saturated rings. The van der Waals surface area contributed by atoms with Crippen LogP contribution in [0.15, 0.2) is 47.6 Å². The van der Waals surface area contributed by atoms with Gasteiger partial charge in [-0.1, -0.05) is 82.4 Å². The van der Waals surface area contributed by atoms with Crippen molar-refractivity contribution in [2.45, 2.75) is 58.8 Å². The summed E-state index contributed by atoms with van der Waals surface area (Å²) >= 11 is 0. The van der Waals surface area contributed by atoms with Crippen LogP contribution in [0, 0.1) is 17.3 Å². The van der Waals surface area contributed by atoms with Crippen LogP contribution in [0.1, 0.15) is 58.8 Å². The minimum absolute atomic E-state index is 0.344. The van der Waals surface area contributed by atoms with Gasteiger partial charge in [0.25, 0.3) is 0 Å². The number of fused-ring (bicyclic) bond motifs is 3. The lowest BCUT2D eigenvalue weighted by Gasteiger charge is -2.30. The van der Waals surface area contributed by atoms with Gasteiger partial charge < -0.3 is 0 Å². The fourth-order valence-corrected chi connectivity index (χ4v) is 4.63. The molecule has 2 atom stereocenters. The van der Waals surface area contributed by atoms with E-state index in [0.29, 0.717) is 5.41 Å². The summed E-state index contributed by atoms with van der Waals surface area (Å²) in [4.78, 5) is 0. The van der Waals surface area contributed by atoms with Crippen LogP contribution in [0.2, 0.25) is 0 Å². The van der Waals surface area contributed by atoms with Crippen LogP contribution in [0.3, 0.4) is 0 Å². The molecule has 3 aliphatic carbocycles. The molecule has 20 heavy (non-hydrogen) atoms. The molecule has 0 aliphatic heterocycles. The molecule has 0 heteroatoms. The van der Waals surface area contributed by atoms with Crippen molar-refractivity contribution in [3.05, 3.63) is 47.6 Å². The van der Waals surface area contributed by atoms with Crippen LogP contribution in [-0.4, -0.2) is 0 Å². The van der Waals surface area contributed by atoms with Gasteiger partial charge in [0, 0.05) is 0 Å². The molecule has 0 radical (unpaired) electrons. The largest absolute Gasteiger partial charge is 0.0623 e. The lowest BCUT2D eigenvalue weighted by molar-refractivity contribution is 0.222. The van der Waals surface area contributed by atoms with E-state index in [9.17, 15) is 0 Å². The number of allylic oxidation sites excluding steroid dienone is 8. The Morgan fingerprint density at radius 2 is 1.45 bits per heavy atom. The summed E-state index contributed by atoms with van der Waals surface area (Å²) in [6.45, 7) is 4.96. The molecule has 3 rings (SSSR count). The van der Waals surface area contributed by atoms with Crippen molar-refractivity contribution in [2.75, 3.05) is 0 Å². The van der Waals surface area contributed by atoms with Crippen molar-refractivity contribution < 1.29 is 0 Å². The monoisotopic (exact) mass is 268 g/mol. The number of rotatable bonds is 0. The van der Waals surface area contributed by atoms with Gasteiger partial charge in [0.1, 0.15) is 0 Å². The van der Waals surface area contributed by atoms with Crippen molar-refractivity contribution in [1.82, 2.24) is 0 Å². The predicted octanol–water partition coefficient (Wildman–Crippen LogP) is 5.98. The quantitative estimate of drug-likeness (QED) is 0.507. The molecule has 108 valence electrons. The Balaban J connectivity index is 2.00. The third kappa shape index (κ3) is 2.45. The summed E-state index contributed by atoms with van der Waals surface area (Å²) in [5, 5.41) is 0. The first-order valence-corrected chi connectivity index (χ1v) is 8.47. The second-order valence-electron chi connectivity index (χ2n) is 7.25. The highest BCUT2D eigenvalue weighted by atomic mass is 14.5. The van der Waals surface area contributed by atoms with E-state index in [-0.39, 0.29) is 0 Å². The van der Waals surface area contributed by atoms with Gasteiger partial charge in [-0.05, 0) is 41.2 Å². The van der Waals surface area contributed by atoms with Crippen LogP contribution in [0.5, 0.6) is 0 Å². The van der Waals surface area contributed by atoms with Crippen LogP contribution < -0.4 is 0 Å². The van der Waals surface area contributed by atoms with Crippen LogP contribution in [0.4, 0.5) is 0 Å². The van der Waals surface area contributed by atoms with Crippen molar-refractivity contribution in [3.63, 3.8) is 0 Å². The van der Waals surface area contributed by atoms with E-state index in [0.717, 1.165) is 11.8 Å². The lowest BCUT2D eigenvalue weighted by Crippen LogP contribution is -2.23. The van der Waals surface area contributed by atoms with Gasteiger partial charge >= 0.3 is 0 Å². The van der Waals surface area contributed by atoms with Crippen LogP contribution >= 0.6 is 0 Å². The number of hydrogen-bond acceptors (Lipinski definition) is 0. The summed E-state index contributed by atoms with van der Waals surface area (Å²) in [5.74, 6) is 1.64. The third-order valence-corrected chi connectivity index (χ3v) is 5.72. The molecule has 0 N–H and O–H groups in total. The SMILES string of the molecule is CC1(C)C2=CC=CC=CC=C2C2CCCCCCCC21. The molecule has 0 aromatic rings. The van der Waals surface area contributed by atoms with Crippen LogP contribution in [0.25, 0.3) is 0 Å². The zero-order valence-corrected chi connectivity index (χ0v) is 13.1. The molecule has 0 heterocycles. The van der Waals surface area contributed by atoms with Crippen molar-refractivity contribution in [1.29, 1.82) is 0 Å². The van der Waals surface area contributed by atoms with E-state index in [1.165, 1.54) is 44.9 Å². The highest BCUT2D eigenvalue weighted by molar-refractivity contribution is 5.49. The minimum Gasteiger partial charge on any atom is -0.0623 e. The minimum atomic E-state index is 0.344. The topological polar surface area (TPSA) is 0 Å². The van der Waals surface area contributed by atoms with Crippen molar-refractivity contribution in [2.24, 2.45) is 17.3 Å². The second kappa shape index (κ2) is 5.76. The smallest absolute Gasteiger partial charge is 0.00667 e. The summed E-state index contributed by atoms with van der Waals surface area (Å²) in [6.07, 6.45) is 23.6. The molecular formula is C20H28. The molecule has 0 nitrogen and oxygen atoms in total. The molecule has 0 spiro atoms. The lowest BCUT2D eigenvalue weighted by atomic mass is 9.73. The third-order valence-electron chi connectivity index (χ3n) is 5.72. The van der Waals surface area contributed by atoms with Gasteiger partial charge in [0.2, 0.25) is 0 Å². The second-order valence-corrected chi connectivity index (χ2v) is 7.25. The normalized spacial score (nSPS) is 32.7. The van der Waals surface area contributed by atoms with Gasteiger partial charge in [-0.25, -0.2) is 0 Å². The number of hydrogen-bond donors (Lipinski definition) is 0. The Morgan fingerprint density at radius 3 is 2.25 bits per heavy atom. The van der Waals surface area contributed by atoms with E-state index >= 15 is 0 Å². The van der Waals surface area contributed by atoms with Gasteiger partial charge in [-0.3, -0.25) is 0 Å². The molecule has 0 bridgehead atoms. The average Bonchev–Trinajstić information content (AvgIpc) is 2.64. The first kappa shape index (κ1) is 13.9. The molecular weight excluding hydrogens is 240 g/mol. The Bertz CT molecular complexity index is 470. The highest BCUT2D eigenvalue weighted by Gasteiger charge is 2.47. The zero-order valence-electron chi connectivity index (χ0n) is 13.1. The maximum Gasteiger partial charge on any atom is -0.00667 e. The predicted molar refractivity (Wildman–Crippen MR) is 87.5 cm³/mol. The van der Waals surface area contributed by atoms with E-state index in [1.807, 2.05) is 0 Å². The first-order chi connectivity index (χ1) is 9.71. The Hall–Kier alpha value is -1.04. The molecule has 0 aromatic heterocycles.